The minimum absolute atomic E-state index is 0.0328. The Morgan fingerprint density at radius 2 is 1.67 bits per heavy atom. The topological polar surface area (TPSA) is 38.7 Å². The van der Waals surface area contributed by atoms with E-state index in [0.29, 0.717) is 27.6 Å². The number of hydrogen-bond acceptors (Lipinski definition) is 3. The van der Waals surface area contributed by atoms with Crippen molar-refractivity contribution in [3.8, 4) is 11.5 Å². The lowest BCUT2D eigenvalue weighted by Gasteiger charge is -2.20. The quantitative estimate of drug-likeness (QED) is 0.899. The van der Waals surface area contributed by atoms with Gasteiger partial charge in [0, 0.05) is 16.1 Å². The van der Waals surface area contributed by atoms with Crippen LogP contribution in [0.1, 0.15) is 31.1 Å². The van der Waals surface area contributed by atoms with E-state index in [2.05, 4.69) is 0 Å². The van der Waals surface area contributed by atoms with E-state index in [1.807, 2.05) is 38.1 Å². The van der Waals surface area contributed by atoms with Crippen LogP contribution in [0.4, 0.5) is 0 Å². The van der Waals surface area contributed by atoms with Crippen LogP contribution in [0, 0.1) is 0 Å². The Morgan fingerprint density at radius 1 is 1.00 bits per heavy atom. The largest absolute Gasteiger partial charge is 0.496 e. The summed E-state index contributed by atoms with van der Waals surface area (Å²) in [5.41, 5.74) is 1.36. The lowest BCUT2D eigenvalue weighted by molar-refractivity contribution is 0.195. The maximum absolute atomic E-state index is 10.7. The van der Waals surface area contributed by atoms with E-state index in [1.54, 1.807) is 25.3 Å². The van der Waals surface area contributed by atoms with E-state index in [9.17, 15) is 5.11 Å². The first-order valence-corrected chi connectivity index (χ1v) is 7.17. The van der Waals surface area contributed by atoms with Gasteiger partial charge in [-0.05, 0) is 32.0 Å². The van der Waals surface area contributed by atoms with Crippen molar-refractivity contribution < 1.29 is 14.6 Å². The summed E-state index contributed by atoms with van der Waals surface area (Å²) in [5, 5.41) is 11.2. The zero-order valence-corrected chi connectivity index (χ0v) is 13.1. The number of aliphatic hydroxyl groups excluding tert-OH is 1. The molecule has 2 aromatic carbocycles. The molecule has 112 valence electrons. The van der Waals surface area contributed by atoms with E-state index >= 15 is 0 Å². The fourth-order valence-electron chi connectivity index (χ4n) is 2.15. The molecule has 21 heavy (non-hydrogen) atoms. The van der Waals surface area contributed by atoms with Crippen molar-refractivity contribution >= 4 is 11.6 Å². The molecule has 1 N–H and O–H groups in total. The van der Waals surface area contributed by atoms with Crippen LogP contribution >= 0.6 is 11.6 Å². The molecule has 0 saturated heterocycles. The van der Waals surface area contributed by atoms with Crippen LogP contribution in [-0.2, 0) is 0 Å². The summed E-state index contributed by atoms with van der Waals surface area (Å²) in [7, 11) is 1.55. The molecule has 3 nitrogen and oxygen atoms in total. The molecule has 0 aliphatic rings. The van der Waals surface area contributed by atoms with Gasteiger partial charge in [0.25, 0.3) is 0 Å². The Hall–Kier alpha value is -1.71. The third-order valence-corrected chi connectivity index (χ3v) is 3.30. The molecule has 0 aromatic heterocycles. The van der Waals surface area contributed by atoms with Crippen LogP contribution < -0.4 is 9.47 Å². The fraction of sp³-hybridized carbons (Fsp3) is 0.294. The van der Waals surface area contributed by atoms with Gasteiger partial charge in [-0.25, -0.2) is 0 Å². The van der Waals surface area contributed by atoms with E-state index in [0.717, 1.165) is 0 Å². The predicted octanol–water partition coefficient (Wildman–Crippen LogP) is 4.22. The lowest BCUT2D eigenvalue weighted by Crippen LogP contribution is -2.10. The fourth-order valence-corrected chi connectivity index (χ4v) is 2.31. The number of methoxy groups -OCH3 is 1. The van der Waals surface area contributed by atoms with Gasteiger partial charge in [-0.1, -0.05) is 35.9 Å². The van der Waals surface area contributed by atoms with Crippen LogP contribution in [0.15, 0.2) is 42.5 Å². The molecule has 0 amide bonds. The van der Waals surface area contributed by atoms with Gasteiger partial charge in [0.05, 0.1) is 13.2 Å². The second kappa shape index (κ2) is 6.83. The van der Waals surface area contributed by atoms with E-state index < -0.39 is 6.10 Å². The van der Waals surface area contributed by atoms with Crippen LogP contribution in [0.25, 0.3) is 0 Å². The highest BCUT2D eigenvalue weighted by Crippen LogP contribution is 2.36. The minimum atomic E-state index is -0.841. The van der Waals surface area contributed by atoms with Gasteiger partial charge in [0.1, 0.15) is 17.6 Å². The summed E-state index contributed by atoms with van der Waals surface area (Å²) in [4.78, 5) is 0. The zero-order valence-electron chi connectivity index (χ0n) is 12.3. The summed E-state index contributed by atoms with van der Waals surface area (Å²) in [6.45, 7) is 3.90. The van der Waals surface area contributed by atoms with Gasteiger partial charge in [0.15, 0.2) is 0 Å². The molecule has 0 fully saturated rings. The predicted molar refractivity (Wildman–Crippen MR) is 84.3 cm³/mol. The molecule has 0 radical (unpaired) electrons. The van der Waals surface area contributed by atoms with Crippen molar-refractivity contribution in [2.24, 2.45) is 0 Å². The number of ether oxygens (including phenoxy) is 2. The maximum Gasteiger partial charge on any atom is 0.126 e. The number of halogens is 1. The average Bonchev–Trinajstić information content (AvgIpc) is 2.46. The first-order chi connectivity index (χ1) is 10.0. The van der Waals surface area contributed by atoms with Gasteiger partial charge in [-0.15, -0.1) is 0 Å². The highest BCUT2D eigenvalue weighted by molar-refractivity contribution is 6.30. The summed E-state index contributed by atoms with van der Waals surface area (Å²) in [6, 6.07) is 12.6. The first-order valence-electron chi connectivity index (χ1n) is 6.80. The summed E-state index contributed by atoms with van der Waals surface area (Å²) >= 11 is 5.96. The molecular weight excluding hydrogens is 288 g/mol. The van der Waals surface area contributed by atoms with Gasteiger partial charge >= 0.3 is 0 Å². The molecule has 0 bridgehead atoms. The second-order valence-corrected chi connectivity index (χ2v) is 5.43. The van der Waals surface area contributed by atoms with Crippen molar-refractivity contribution in [3.63, 3.8) is 0 Å². The van der Waals surface area contributed by atoms with Crippen molar-refractivity contribution in [1.82, 2.24) is 0 Å². The highest BCUT2D eigenvalue weighted by atomic mass is 35.5. The lowest BCUT2D eigenvalue weighted by atomic mass is 9.99. The maximum atomic E-state index is 10.7. The van der Waals surface area contributed by atoms with Crippen molar-refractivity contribution in [2.45, 2.75) is 26.1 Å². The molecule has 0 saturated carbocycles. The van der Waals surface area contributed by atoms with Crippen molar-refractivity contribution in [2.75, 3.05) is 7.11 Å². The Kier molecular flexibility index (Phi) is 5.10. The first kappa shape index (κ1) is 15.7. The van der Waals surface area contributed by atoms with Crippen molar-refractivity contribution in [3.05, 3.63) is 58.6 Å². The summed E-state index contributed by atoms with van der Waals surface area (Å²) in [5.74, 6) is 1.21. The molecule has 2 rings (SSSR count). The number of para-hydroxylation sites is 1. The third kappa shape index (κ3) is 3.69. The van der Waals surface area contributed by atoms with E-state index in [1.165, 1.54) is 0 Å². The SMILES string of the molecule is COc1cc(Cl)ccc1C(O)c1ccccc1OC(C)C. The van der Waals surface area contributed by atoms with Crippen LogP contribution in [0.3, 0.4) is 0 Å². The summed E-state index contributed by atoms with van der Waals surface area (Å²) in [6.07, 6.45) is -0.808. The number of rotatable bonds is 5. The van der Waals surface area contributed by atoms with Crippen LogP contribution in [-0.4, -0.2) is 18.3 Å². The Bertz CT molecular complexity index is 611. The third-order valence-electron chi connectivity index (χ3n) is 3.07. The Labute approximate surface area is 130 Å². The van der Waals surface area contributed by atoms with E-state index in [4.69, 9.17) is 21.1 Å². The number of aliphatic hydroxyl groups is 1. The zero-order chi connectivity index (χ0) is 15.4. The Morgan fingerprint density at radius 3 is 2.33 bits per heavy atom. The molecule has 1 atom stereocenters. The summed E-state index contributed by atoms with van der Waals surface area (Å²) < 4.78 is 11.1. The van der Waals surface area contributed by atoms with Gasteiger partial charge in [-0.2, -0.15) is 0 Å². The monoisotopic (exact) mass is 306 g/mol. The molecule has 0 heterocycles. The molecule has 0 aliphatic heterocycles. The average molecular weight is 307 g/mol. The highest BCUT2D eigenvalue weighted by Gasteiger charge is 2.19. The van der Waals surface area contributed by atoms with Crippen molar-refractivity contribution in [1.29, 1.82) is 0 Å². The normalized spacial score (nSPS) is 12.3. The van der Waals surface area contributed by atoms with Gasteiger partial charge in [-0.3, -0.25) is 0 Å². The second-order valence-electron chi connectivity index (χ2n) is 4.99. The van der Waals surface area contributed by atoms with E-state index in [-0.39, 0.29) is 6.10 Å². The molecule has 0 aliphatic carbocycles. The molecule has 4 heteroatoms. The number of hydrogen-bond donors (Lipinski definition) is 1. The minimum Gasteiger partial charge on any atom is -0.496 e. The van der Waals surface area contributed by atoms with Crippen LogP contribution in [0.5, 0.6) is 11.5 Å². The van der Waals surface area contributed by atoms with Gasteiger partial charge in [0.2, 0.25) is 0 Å². The Balaban J connectivity index is 2.42. The molecule has 1 unspecified atom stereocenters. The van der Waals surface area contributed by atoms with Gasteiger partial charge < -0.3 is 14.6 Å². The molecule has 2 aromatic rings. The molecular formula is C17H19ClO3. The standard InChI is InChI=1S/C17H19ClO3/c1-11(2)21-15-7-5-4-6-13(15)17(19)14-9-8-12(18)10-16(14)20-3/h4-11,17,19H,1-3H3. The van der Waals surface area contributed by atoms with Crippen LogP contribution in [0.2, 0.25) is 5.02 Å². The number of benzene rings is 2. The molecule has 0 spiro atoms. The smallest absolute Gasteiger partial charge is 0.126 e.